The number of benzene rings is 1. The van der Waals surface area contributed by atoms with Crippen LogP contribution in [0.1, 0.15) is 16.7 Å². The van der Waals surface area contributed by atoms with E-state index in [2.05, 4.69) is 5.32 Å². The number of nitrogens with one attached hydrogen (secondary N) is 1. The van der Waals surface area contributed by atoms with Gasteiger partial charge in [-0.1, -0.05) is 42.2 Å². The van der Waals surface area contributed by atoms with Gasteiger partial charge in [0.2, 0.25) is 0 Å². The lowest BCUT2D eigenvalue weighted by Gasteiger charge is -2.04. The summed E-state index contributed by atoms with van der Waals surface area (Å²) in [5.41, 5.74) is 3.43. The molecule has 1 amide bonds. The summed E-state index contributed by atoms with van der Waals surface area (Å²) in [5.74, 6) is -0.0994. The van der Waals surface area contributed by atoms with Gasteiger partial charge in [-0.25, -0.2) is 0 Å². The van der Waals surface area contributed by atoms with Gasteiger partial charge in [-0.3, -0.25) is 4.79 Å². The van der Waals surface area contributed by atoms with Crippen molar-refractivity contribution in [2.75, 3.05) is 0 Å². The van der Waals surface area contributed by atoms with E-state index in [4.69, 9.17) is 12.2 Å². The second-order valence-corrected chi connectivity index (χ2v) is 5.38. The number of hydrogen-bond acceptors (Lipinski definition) is 3. The maximum atomic E-state index is 11.5. The average Bonchev–Trinajstić information content (AvgIpc) is 2.51. The Balaban J connectivity index is 2.44. The first-order valence-corrected chi connectivity index (χ1v) is 6.11. The van der Waals surface area contributed by atoms with E-state index in [0.29, 0.717) is 9.23 Å². The van der Waals surface area contributed by atoms with Gasteiger partial charge in [0.1, 0.15) is 4.32 Å². The highest BCUT2D eigenvalue weighted by Crippen LogP contribution is 2.27. The Labute approximate surface area is 104 Å². The van der Waals surface area contributed by atoms with Crippen molar-refractivity contribution < 1.29 is 4.79 Å². The molecule has 0 radical (unpaired) electrons. The molecule has 1 fully saturated rings. The summed E-state index contributed by atoms with van der Waals surface area (Å²) in [4.78, 5) is 12.2. The Bertz CT molecular complexity index is 485. The number of thiocarbonyl (C=S) groups is 1. The van der Waals surface area contributed by atoms with Crippen LogP contribution in [0.5, 0.6) is 0 Å². The van der Waals surface area contributed by atoms with Crippen LogP contribution in [0.4, 0.5) is 0 Å². The van der Waals surface area contributed by atoms with Crippen molar-refractivity contribution >= 4 is 40.3 Å². The number of amides is 1. The summed E-state index contributed by atoms with van der Waals surface area (Å²) in [6.07, 6.45) is 1.91. The molecular formula is C12H11NOS2. The minimum atomic E-state index is -0.0994. The fraction of sp³-hybridized carbons (Fsp3) is 0.167. The van der Waals surface area contributed by atoms with Gasteiger partial charge < -0.3 is 5.32 Å². The Morgan fingerprint density at radius 1 is 1.31 bits per heavy atom. The molecule has 2 rings (SSSR count). The van der Waals surface area contributed by atoms with Crippen molar-refractivity contribution in [3.63, 3.8) is 0 Å². The minimum Gasteiger partial charge on any atom is -0.307 e. The van der Waals surface area contributed by atoms with Crippen LogP contribution in [0.15, 0.2) is 23.1 Å². The molecule has 1 aliphatic heterocycles. The molecule has 0 saturated carbocycles. The third-order valence-electron chi connectivity index (χ3n) is 2.46. The molecule has 1 heterocycles. The molecule has 0 bridgehead atoms. The van der Waals surface area contributed by atoms with Crippen molar-refractivity contribution in [3.05, 3.63) is 39.8 Å². The molecule has 0 aromatic heterocycles. The first-order chi connectivity index (χ1) is 7.58. The van der Waals surface area contributed by atoms with Gasteiger partial charge in [0, 0.05) is 0 Å². The maximum Gasteiger partial charge on any atom is 0.263 e. The highest BCUT2D eigenvalue weighted by molar-refractivity contribution is 8.26. The van der Waals surface area contributed by atoms with Crippen molar-refractivity contribution in [2.45, 2.75) is 13.8 Å². The van der Waals surface area contributed by atoms with Crippen LogP contribution in [0.2, 0.25) is 0 Å². The van der Waals surface area contributed by atoms with Gasteiger partial charge in [-0.05, 0) is 36.6 Å². The van der Waals surface area contributed by atoms with E-state index in [9.17, 15) is 4.79 Å². The van der Waals surface area contributed by atoms with Crippen LogP contribution < -0.4 is 5.32 Å². The molecular weight excluding hydrogens is 238 g/mol. The summed E-state index contributed by atoms with van der Waals surface area (Å²) < 4.78 is 0.530. The van der Waals surface area contributed by atoms with E-state index in [-0.39, 0.29) is 5.91 Å². The maximum absolute atomic E-state index is 11.5. The molecule has 1 aliphatic rings. The molecule has 1 saturated heterocycles. The highest BCUT2D eigenvalue weighted by Gasteiger charge is 2.22. The van der Waals surface area contributed by atoms with Crippen molar-refractivity contribution in [3.8, 4) is 0 Å². The second kappa shape index (κ2) is 4.39. The quantitative estimate of drug-likeness (QED) is 0.613. The SMILES string of the molecule is Cc1cccc(C)c1C=C1SC(=S)NC1=O. The van der Waals surface area contributed by atoms with Crippen LogP contribution in [0.25, 0.3) is 6.08 Å². The van der Waals surface area contributed by atoms with Gasteiger partial charge >= 0.3 is 0 Å². The molecule has 1 aromatic carbocycles. The number of thioether (sulfide) groups is 1. The fourth-order valence-corrected chi connectivity index (χ4v) is 2.63. The Morgan fingerprint density at radius 2 is 1.94 bits per heavy atom. The van der Waals surface area contributed by atoms with Crippen molar-refractivity contribution in [1.82, 2.24) is 5.32 Å². The lowest BCUT2D eigenvalue weighted by molar-refractivity contribution is -0.115. The number of carbonyl (C=O) groups is 1. The first kappa shape index (κ1) is 11.4. The van der Waals surface area contributed by atoms with Gasteiger partial charge in [0.05, 0.1) is 4.91 Å². The molecule has 2 nitrogen and oxygen atoms in total. The van der Waals surface area contributed by atoms with Crippen LogP contribution in [0.3, 0.4) is 0 Å². The van der Waals surface area contributed by atoms with Crippen molar-refractivity contribution in [1.29, 1.82) is 0 Å². The number of aryl methyl sites for hydroxylation is 2. The van der Waals surface area contributed by atoms with Crippen molar-refractivity contribution in [2.24, 2.45) is 0 Å². The zero-order valence-electron chi connectivity index (χ0n) is 9.03. The predicted molar refractivity (Wildman–Crippen MR) is 72.2 cm³/mol. The lowest BCUT2D eigenvalue weighted by atomic mass is 10.0. The van der Waals surface area contributed by atoms with Crippen LogP contribution in [0, 0.1) is 13.8 Å². The lowest BCUT2D eigenvalue weighted by Crippen LogP contribution is -2.17. The molecule has 0 aliphatic carbocycles. The van der Waals surface area contributed by atoms with Crippen LogP contribution >= 0.6 is 24.0 Å². The fourth-order valence-electron chi connectivity index (χ4n) is 1.61. The third-order valence-corrected chi connectivity index (χ3v) is 3.62. The Hall–Kier alpha value is -1.13. The molecule has 0 atom stereocenters. The van der Waals surface area contributed by atoms with E-state index in [1.54, 1.807) is 0 Å². The summed E-state index contributed by atoms with van der Waals surface area (Å²) in [6, 6.07) is 6.09. The molecule has 16 heavy (non-hydrogen) atoms. The van der Waals surface area contributed by atoms with E-state index in [0.717, 1.165) is 5.56 Å². The van der Waals surface area contributed by atoms with Crippen LogP contribution in [-0.2, 0) is 4.79 Å². The minimum absolute atomic E-state index is 0.0994. The van der Waals surface area contributed by atoms with Gasteiger partial charge in [-0.2, -0.15) is 0 Å². The summed E-state index contributed by atoms with van der Waals surface area (Å²) >= 11 is 6.26. The van der Waals surface area contributed by atoms with Gasteiger partial charge in [-0.15, -0.1) is 0 Å². The molecule has 4 heteroatoms. The zero-order valence-corrected chi connectivity index (χ0v) is 10.7. The summed E-state index contributed by atoms with van der Waals surface area (Å²) in [5, 5.41) is 2.61. The predicted octanol–water partition coefficient (Wildman–Crippen LogP) is 2.79. The van der Waals surface area contributed by atoms with E-state index in [1.165, 1.54) is 22.9 Å². The largest absolute Gasteiger partial charge is 0.307 e. The standard InChI is InChI=1S/C12H11NOS2/c1-7-4-3-5-8(2)9(7)6-10-11(14)13-12(15)16-10/h3-6H,1-2H3,(H,13,14,15). The highest BCUT2D eigenvalue weighted by atomic mass is 32.2. The first-order valence-electron chi connectivity index (χ1n) is 4.89. The number of rotatable bonds is 1. The normalized spacial score (nSPS) is 18.0. The molecule has 82 valence electrons. The average molecular weight is 249 g/mol. The summed E-state index contributed by atoms with van der Waals surface area (Å²) in [6.45, 7) is 4.07. The van der Waals surface area contributed by atoms with E-state index < -0.39 is 0 Å². The smallest absolute Gasteiger partial charge is 0.263 e. The van der Waals surface area contributed by atoms with E-state index >= 15 is 0 Å². The topological polar surface area (TPSA) is 29.1 Å². The van der Waals surface area contributed by atoms with Gasteiger partial charge in [0.25, 0.3) is 5.91 Å². The van der Waals surface area contributed by atoms with Crippen LogP contribution in [-0.4, -0.2) is 10.2 Å². The third kappa shape index (κ3) is 2.18. The Kier molecular flexibility index (Phi) is 3.12. The molecule has 0 spiro atoms. The Morgan fingerprint density at radius 3 is 2.44 bits per heavy atom. The second-order valence-electron chi connectivity index (χ2n) is 3.66. The number of hydrogen-bond donors (Lipinski definition) is 1. The van der Waals surface area contributed by atoms with Gasteiger partial charge in [0.15, 0.2) is 0 Å². The molecule has 1 N–H and O–H groups in total. The summed E-state index contributed by atoms with van der Waals surface area (Å²) in [7, 11) is 0. The molecule has 0 unspecified atom stereocenters. The number of carbonyl (C=O) groups excluding carboxylic acids is 1. The monoisotopic (exact) mass is 249 g/mol. The molecule has 1 aromatic rings. The zero-order chi connectivity index (χ0) is 11.7. The van der Waals surface area contributed by atoms with E-state index in [1.807, 2.05) is 38.1 Å².